The first-order valence-electron chi connectivity index (χ1n) is 5.36. The molecule has 3 aromatic carbocycles. The second-order valence-electron chi connectivity index (χ2n) is 3.86. The second kappa shape index (κ2) is 3.81. The number of azide groups is 1. The summed E-state index contributed by atoms with van der Waals surface area (Å²) in [4.78, 5) is 2.93. The Morgan fingerprint density at radius 1 is 0.824 bits per heavy atom. The van der Waals surface area contributed by atoms with Crippen molar-refractivity contribution in [1.29, 1.82) is 0 Å². The van der Waals surface area contributed by atoms with Crippen LogP contribution in [0.4, 0.5) is 5.69 Å². The zero-order chi connectivity index (χ0) is 11.7. The molecule has 3 nitrogen and oxygen atoms in total. The van der Waals surface area contributed by atoms with Gasteiger partial charge in [-0.3, -0.25) is 0 Å². The lowest BCUT2D eigenvalue weighted by molar-refractivity contribution is 1.54. The van der Waals surface area contributed by atoms with Crippen molar-refractivity contribution in [2.45, 2.75) is 0 Å². The Balaban J connectivity index is 2.60. The van der Waals surface area contributed by atoms with Crippen LogP contribution >= 0.6 is 0 Å². The molecule has 0 saturated carbocycles. The molecule has 0 aromatic heterocycles. The summed E-state index contributed by atoms with van der Waals surface area (Å²) in [6.45, 7) is 0. The highest BCUT2D eigenvalue weighted by Crippen LogP contribution is 2.34. The van der Waals surface area contributed by atoms with Crippen LogP contribution in [0.5, 0.6) is 0 Å². The molecular weight excluding hydrogens is 210 g/mol. The van der Waals surface area contributed by atoms with E-state index in [2.05, 4.69) is 16.1 Å². The van der Waals surface area contributed by atoms with Crippen LogP contribution < -0.4 is 0 Å². The zero-order valence-electron chi connectivity index (χ0n) is 9.04. The molecule has 0 heterocycles. The maximum atomic E-state index is 8.70. The predicted octanol–water partition coefficient (Wildman–Crippen LogP) is 4.93. The Hall–Kier alpha value is -2.51. The molecule has 17 heavy (non-hydrogen) atoms. The third-order valence-electron chi connectivity index (χ3n) is 2.89. The highest BCUT2D eigenvalue weighted by molar-refractivity contribution is 6.09. The van der Waals surface area contributed by atoms with Crippen molar-refractivity contribution in [3.8, 4) is 0 Å². The molecule has 0 amide bonds. The minimum atomic E-state index is 0.709. The van der Waals surface area contributed by atoms with Crippen molar-refractivity contribution >= 4 is 27.2 Å². The summed E-state index contributed by atoms with van der Waals surface area (Å²) in [5.74, 6) is 0. The van der Waals surface area contributed by atoms with E-state index in [1.807, 2.05) is 48.5 Å². The fourth-order valence-corrected chi connectivity index (χ4v) is 2.14. The van der Waals surface area contributed by atoms with E-state index in [-0.39, 0.29) is 0 Å². The molecule has 0 aliphatic rings. The zero-order valence-corrected chi connectivity index (χ0v) is 9.04. The summed E-state index contributed by atoms with van der Waals surface area (Å²) < 4.78 is 0. The van der Waals surface area contributed by atoms with Crippen LogP contribution in [0.25, 0.3) is 32.0 Å². The molecule has 80 valence electrons. The average Bonchev–Trinajstić information content (AvgIpc) is 2.39. The van der Waals surface area contributed by atoms with Gasteiger partial charge in [0, 0.05) is 4.91 Å². The molecule has 0 atom stereocenters. The smallest absolute Gasteiger partial charge is 0.0532 e. The monoisotopic (exact) mass is 219 g/mol. The van der Waals surface area contributed by atoms with E-state index in [4.69, 9.17) is 5.53 Å². The van der Waals surface area contributed by atoms with Gasteiger partial charge in [0.1, 0.15) is 0 Å². The standard InChI is InChI=1S/C14H9N3/c15-17-16-14-12-7-3-1-5-10(12)9-11-6-2-4-8-13(11)14/h1-9H. The van der Waals surface area contributed by atoms with Crippen LogP contribution in [0.15, 0.2) is 59.7 Å². The second-order valence-corrected chi connectivity index (χ2v) is 3.86. The molecule has 0 fully saturated rings. The van der Waals surface area contributed by atoms with Crippen LogP contribution in [0, 0.1) is 0 Å². The molecule has 0 aliphatic heterocycles. The predicted molar refractivity (Wildman–Crippen MR) is 70.3 cm³/mol. The summed E-state index contributed by atoms with van der Waals surface area (Å²) in [5, 5.41) is 8.01. The number of rotatable bonds is 1. The Labute approximate surface area is 97.9 Å². The Morgan fingerprint density at radius 3 is 1.88 bits per heavy atom. The maximum absolute atomic E-state index is 8.70. The number of fused-ring (bicyclic) bond motifs is 2. The number of hydrogen-bond donors (Lipinski definition) is 0. The van der Waals surface area contributed by atoms with Crippen molar-refractivity contribution in [2.75, 3.05) is 0 Å². The van der Waals surface area contributed by atoms with Gasteiger partial charge >= 0.3 is 0 Å². The van der Waals surface area contributed by atoms with E-state index in [0.717, 1.165) is 21.5 Å². The maximum Gasteiger partial charge on any atom is 0.0532 e. The first kappa shape index (κ1) is 9.70. The summed E-state index contributed by atoms with van der Waals surface area (Å²) in [6.07, 6.45) is 0. The van der Waals surface area contributed by atoms with Crippen molar-refractivity contribution < 1.29 is 0 Å². The first-order valence-corrected chi connectivity index (χ1v) is 5.36. The van der Waals surface area contributed by atoms with Gasteiger partial charge in [-0.2, -0.15) is 0 Å². The molecule has 0 N–H and O–H groups in total. The highest BCUT2D eigenvalue weighted by Gasteiger charge is 2.04. The molecule has 0 spiro atoms. The molecule has 0 saturated heterocycles. The van der Waals surface area contributed by atoms with Gasteiger partial charge in [0.15, 0.2) is 0 Å². The Bertz CT molecular complexity index is 702. The molecule has 0 bridgehead atoms. The van der Waals surface area contributed by atoms with Gasteiger partial charge in [-0.05, 0) is 33.1 Å². The lowest BCUT2D eigenvalue weighted by atomic mass is 10.0. The molecule has 0 radical (unpaired) electrons. The summed E-state index contributed by atoms with van der Waals surface area (Å²) in [6, 6.07) is 18.0. The lowest BCUT2D eigenvalue weighted by Crippen LogP contribution is -1.77. The van der Waals surface area contributed by atoms with E-state index in [0.29, 0.717) is 5.69 Å². The summed E-state index contributed by atoms with van der Waals surface area (Å²) in [7, 11) is 0. The van der Waals surface area contributed by atoms with Crippen molar-refractivity contribution in [3.63, 3.8) is 0 Å². The molecular formula is C14H9N3. The first-order chi connectivity index (χ1) is 8.40. The van der Waals surface area contributed by atoms with E-state index < -0.39 is 0 Å². The molecule has 0 unspecified atom stereocenters. The summed E-state index contributed by atoms with van der Waals surface area (Å²) in [5.41, 5.74) is 9.41. The normalized spacial score (nSPS) is 10.4. The number of nitrogens with zero attached hydrogens (tertiary/aromatic N) is 3. The van der Waals surface area contributed by atoms with Crippen molar-refractivity contribution in [1.82, 2.24) is 0 Å². The lowest BCUT2D eigenvalue weighted by Gasteiger charge is -2.06. The van der Waals surface area contributed by atoms with Crippen LogP contribution in [-0.2, 0) is 0 Å². The number of benzene rings is 3. The molecule has 3 heteroatoms. The third kappa shape index (κ3) is 1.50. The quantitative estimate of drug-likeness (QED) is 0.241. The minimum Gasteiger partial charge on any atom is -0.0616 e. The molecule has 3 rings (SSSR count). The SMILES string of the molecule is [N-]=[N+]=Nc1c2ccccc2cc2ccccc12. The topological polar surface area (TPSA) is 48.8 Å². The van der Waals surface area contributed by atoms with E-state index >= 15 is 0 Å². The van der Waals surface area contributed by atoms with Gasteiger partial charge in [-0.25, -0.2) is 0 Å². The number of hydrogen-bond acceptors (Lipinski definition) is 1. The molecule has 0 aliphatic carbocycles. The van der Waals surface area contributed by atoms with Crippen LogP contribution in [0.2, 0.25) is 0 Å². The third-order valence-corrected chi connectivity index (χ3v) is 2.89. The van der Waals surface area contributed by atoms with Crippen molar-refractivity contribution in [3.05, 3.63) is 65.0 Å². The molecule has 3 aromatic rings. The van der Waals surface area contributed by atoms with Gasteiger partial charge in [0.25, 0.3) is 0 Å². The van der Waals surface area contributed by atoms with Crippen LogP contribution in [-0.4, -0.2) is 0 Å². The largest absolute Gasteiger partial charge is 0.0616 e. The fourth-order valence-electron chi connectivity index (χ4n) is 2.14. The van der Waals surface area contributed by atoms with Gasteiger partial charge in [-0.15, -0.1) is 0 Å². The van der Waals surface area contributed by atoms with Gasteiger partial charge in [0.05, 0.1) is 5.69 Å². The Morgan fingerprint density at radius 2 is 1.35 bits per heavy atom. The average molecular weight is 219 g/mol. The van der Waals surface area contributed by atoms with Gasteiger partial charge < -0.3 is 0 Å². The van der Waals surface area contributed by atoms with Crippen molar-refractivity contribution in [2.24, 2.45) is 5.11 Å². The van der Waals surface area contributed by atoms with E-state index in [9.17, 15) is 0 Å². The minimum absolute atomic E-state index is 0.709. The van der Waals surface area contributed by atoms with E-state index in [1.54, 1.807) is 0 Å². The van der Waals surface area contributed by atoms with Gasteiger partial charge in [-0.1, -0.05) is 53.6 Å². The van der Waals surface area contributed by atoms with Crippen LogP contribution in [0.1, 0.15) is 0 Å². The van der Waals surface area contributed by atoms with Gasteiger partial charge in [0.2, 0.25) is 0 Å². The highest BCUT2D eigenvalue weighted by atomic mass is 15.1. The van der Waals surface area contributed by atoms with E-state index in [1.165, 1.54) is 0 Å². The van der Waals surface area contributed by atoms with Crippen LogP contribution in [0.3, 0.4) is 0 Å². The summed E-state index contributed by atoms with van der Waals surface area (Å²) >= 11 is 0. The fraction of sp³-hybridized carbons (Fsp3) is 0. The Kier molecular flexibility index (Phi) is 2.18.